The summed E-state index contributed by atoms with van der Waals surface area (Å²) < 4.78 is 0. The van der Waals surface area contributed by atoms with Crippen LogP contribution in [0.2, 0.25) is 0 Å². The van der Waals surface area contributed by atoms with Crippen LogP contribution in [-0.2, 0) is 6.42 Å². The molecule has 0 aliphatic carbocycles. The van der Waals surface area contributed by atoms with Crippen LogP contribution >= 0.6 is 0 Å². The van der Waals surface area contributed by atoms with Gasteiger partial charge in [-0.25, -0.2) is 0 Å². The quantitative estimate of drug-likeness (QED) is 0.851. The van der Waals surface area contributed by atoms with Crippen molar-refractivity contribution >= 4 is 0 Å². The van der Waals surface area contributed by atoms with E-state index in [9.17, 15) is 0 Å². The van der Waals surface area contributed by atoms with Gasteiger partial charge in [-0.15, -0.1) is 0 Å². The molecule has 1 heterocycles. The predicted molar refractivity (Wildman–Crippen MR) is 82.2 cm³/mol. The molecule has 0 saturated carbocycles. The van der Waals surface area contributed by atoms with Crippen molar-refractivity contribution in [3.63, 3.8) is 0 Å². The van der Waals surface area contributed by atoms with E-state index >= 15 is 0 Å². The first kappa shape index (κ1) is 14.5. The summed E-state index contributed by atoms with van der Waals surface area (Å²) in [6.45, 7) is 4.59. The molecule has 0 spiro atoms. The van der Waals surface area contributed by atoms with Crippen molar-refractivity contribution < 1.29 is 0 Å². The van der Waals surface area contributed by atoms with Crippen LogP contribution in [0.4, 0.5) is 0 Å². The highest BCUT2D eigenvalue weighted by atomic mass is 15.2. The molecule has 2 rings (SSSR count). The number of likely N-dealkylation sites (tertiary alicyclic amines) is 1. The summed E-state index contributed by atoms with van der Waals surface area (Å²) >= 11 is 0. The van der Waals surface area contributed by atoms with Crippen LogP contribution < -0.4 is 5.73 Å². The van der Waals surface area contributed by atoms with Crippen molar-refractivity contribution in [2.45, 2.75) is 57.5 Å². The molecule has 1 aromatic rings. The van der Waals surface area contributed by atoms with Crippen LogP contribution in [0.1, 0.15) is 44.6 Å². The zero-order chi connectivity index (χ0) is 13.5. The number of rotatable bonds is 6. The number of hydrogen-bond donors (Lipinski definition) is 1. The van der Waals surface area contributed by atoms with Gasteiger partial charge < -0.3 is 5.73 Å². The monoisotopic (exact) mass is 260 g/mol. The van der Waals surface area contributed by atoms with Gasteiger partial charge >= 0.3 is 0 Å². The van der Waals surface area contributed by atoms with Crippen LogP contribution in [0.25, 0.3) is 0 Å². The third-order valence-corrected chi connectivity index (χ3v) is 4.18. The Bertz CT molecular complexity index is 348. The molecular formula is C17H28N2. The predicted octanol–water partition coefficient (Wildman–Crippen LogP) is 3.21. The molecular weight excluding hydrogens is 232 g/mol. The highest BCUT2D eigenvalue weighted by molar-refractivity contribution is 5.15. The minimum atomic E-state index is 0.264. The van der Waals surface area contributed by atoms with E-state index in [1.54, 1.807) is 0 Å². The molecule has 2 unspecified atom stereocenters. The zero-order valence-corrected chi connectivity index (χ0v) is 12.2. The summed E-state index contributed by atoms with van der Waals surface area (Å²) in [4.78, 5) is 2.64. The molecule has 1 saturated heterocycles. The highest BCUT2D eigenvalue weighted by Gasteiger charge is 2.22. The average molecular weight is 260 g/mol. The summed E-state index contributed by atoms with van der Waals surface area (Å²) in [5.41, 5.74) is 7.71. The molecule has 0 aromatic heterocycles. The third-order valence-electron chi connectivity index (χ3n) is 4.18. The zero-order valence-electron chi connectivity index (χ0n) is 12.2. The van der Waals surface area contributed by atoms with Crippen molar-refractivity contribution in [2.75, 3.05) is 13.1 Å². The number of hydrogen-bond acceptors (Lipinski definition) is 2. The lowest BCUT2D eigenvalue weighted by atomic mass is 9.96. The number of piperidine rings is 1. The van der Waals surface area contributed by atoms with Gasteiger partial charge in [-0.2, -0.15) is 0 Å². The minimum Gasteiger partial charge on any atom is -0.326 e. The third kappa shape index (κ3) is 4.63. The van der Waals surface area contributed by atoms with Crippen molar-refractivity contribution in [1.29, 1.82) is 0 Å². The van der Waals surface area contributed by atoms with Crippen LogP contribution in [0.15, 0.2) is 30.3 Å². The second kappa shape index (κ2) is 7.66. The maximum Gasteiger partial charge on any atom is 0.0208 e. The summed E-state index contributed by atoms with van der Waals surface area (Å²) in [6, 6.07) is 11.7. The largest absolute Gasteiger partial charge is 0.326 e. The van der Waals surface area contributed by atoms with Gasteiger partial charge in [0.15, 0.2) is 0 Å². The van der Waals surface area contributed by atoms with Gasteiger partial charge in [0, 0.05) is 18.6 Å². The first-order chi connectivity index (χ1) is 9.29. The van der Waals surface area contributed by atoms with Gasteiger partial charge in [0.2, 0.25) is 0 Å². The fraction of sp³-hybridized carbons (Fsp3) is 0.647. The van der Waals surface area contributed by atoms with E-state index in [4.69, 9.17) is 5.73 Å². The van der Waals surface area contributed by atoms with Gasteiger partial charge in [-0.3, -0.25) is 4.90 Å². The lowest BCUT2D eigenvalue weighted by Gasteiger charge is -2.37. The summed E-state index contributed by atoms with van der Waals surface area (Å²) in [5, 5.41) is 0. The SMILES string of the molecule is CCCC1CCCCN1CC(N)Cc1ccccc1. The number of nitrogens with two attached hydrogens (primary N) is 1. The Balaban J connectivity index is 1.84. The fourth-order valence-corrected chi connectivity index (χ4v) is 3.24. The smallest absolute Gasteiger partial charge is 0.0208 e. The van der Waals surface area contributed by atoms with Crippen molar-refractivity contribution in [2.24, 2.45) is 5.73 Å². The van der Waals surface area contributed by atoms with Gasteiger partial charge in [0.25, 0.3) is 0 Å². The Morgan fingerprint density at radius 2 is 2.05 bits per heavy atom. The topological polar surface area (TPSA) is 29.3 Å². The molecule has 2 N–H and O–H groups in total. The van der Waals surface area contributed by atoms with Crippen LogP contribution in [-0.4, -0.2) is 30.1 Å². The highest BCUT2D eigenvalue weighted by Crippen LogP contribution is 2.21. The Kier molecular flexibility index (Phi) is 5.87. The first-order valence-corrected chi connectivity index (χ1v) is 7.83. The van der Waals surface area contributed by atoms with Crippen molar-refractivity contribution in [3.05, 3.63) is 35.9 Å². The molecule has 1 aliphatic rings. The van der Waals surface area contributed by atoms with Crippen LogP contribution in [0.3, 0.4) is 0 Å². The Morgan fingerprint density at radius 3 is 2.79 bits per heavy atom. The van der Waals surface area contributed by atoms with Crippen LogP contribution in [0, 0.1) is 0 Å². The lowest BCUT2D eigenvalue weighted by Crippen LogP contribution is -2.46. The molecule has 106 valence electrons. The molecule has 1 aliphatic heterocycles. The molecule has 0 radical (unpaired) electrons. The van der Waals surface area contributed by atoms with E-state index in [-0.39, 0.29) is 6.04 Å². The van der Waals surface area contributed by atoms with E-state index in [1.807, 2.05) is 0 Å². The van der Waals surface area contributed by atoms with E-state index in [0.717, 1.165) is 19.0 Å². The number of benzene rings is 1. The molecule has 0 bridgehead atoms. The normalized spacial score (nSPS) is 22.3. The van der Waals surface area contributed by atoms with Gasteiger partial charge in [-0.05, 0) is 37.8 Å². The van der Waals surface area contributed by atoms with Crippen molar-refractivity contribution in [1.82, 2.24) is 4.90 Å². The van der Waals surface area contributed by atoms with E-state index < -0.39 is 0 Å². The molecule has 2 heteroatoms. The molecule has 1 aromatic carbocycles. The van der Waals surface area contributed by atoms with E-state index in [1.165, 1.54) is 44.2 Å². The van der Waals surface area contributed by atoms with E-state index in [2.05, 4.69) is 42.2 Å². The van der Waals surface area contributed by atoms with Crippen molar-refractivity contribution in [3.8, 4) is 0 Å². The first-order valence-electron chi connectivity index (χ1n) is 7.83. The Labute approximate surface area is 118 Å². The number of nitrogens with zero attached hydrogens (tertiary/aromatic N) is 1. The maximum absolute atomic E-state index is 6.35. The van der Waals surface area contributed by atoms with Gasteiger partial charge in [0.05, 0.1) is 0 Å². The molecule has 19 heavy (non-hydrogen) atoms. The van der Waals surface area contributed by atoms with E-state index in [0.29, 0.717) is 0 Å². The minimum absolute atomic E-state index is 0.264. The average Bonchev–Trinajstić information content (AvgIpc) is 2.42. The Hall–Kier alpha value is -0.860. The van der Waals surface area contributed by atoms with Gasteiger partial charge in [0.1, 0.15) is 0 Å². The maximum atomic E-state index is 6.35. The lowest BCUT2D eigenvalue weighted by molar-refractivity contribution is 0.131. The second-order valence-corrected chi connectivity index (χ2v) is 5.88. The molecule has 2 nitrogen and oxygen atoms in total. The fourth-order valence-electron chi connectivity index (χ4n) is 3.24. The Morgan fingerprint density at radius 1 is 1.26 bits per heavy atom. The molecule has 0 amide bonds. The standard InChI is InChI=1S/C17H28N2/c1-2-8-17-11-6-7-12-19(17)14-16(18)13-15-9-4-3-5-10-15/h3-5,9-10,16-17H,2,6-8,11-14,18H2,1H3. The van der Waals surface area contributed by atoms with Crippen LogP contribution in [0.5, 0.6) is 0 Å². The molecule has 1 fully saturated rings. The summed E-state index contributed by atoms with van der Waals surface area (Å²) in [6.07, 6.45) is 7.72. The second-order valence-electron chi connectivity index (χ2n) is 5.88. The summed E-state index contributed by atoms with van der Waals surface area (Å²) in [5.74, 6) is 0. The summed E-state index contributed by atoms with van der Waals surface area (Å²) in [7, 11) is 0. The molecule has 2 atom stereocenters. The van der Waals surface area contributed by atoms with Gasteiger partial charge in [-0.1, -0.05) is 50.1 Å².